The first-order valence-corrected chi connectivity index (χ1v) is 9.62. The predicted molar refractivity (Wildman–Crippen MR) is 98.6 cm³/mol. The van der Waals surface area contributed by atoms with Crippen molar-refractivity contribution >= 4 is 11.3 Å². The van der Waals surface area contributed by atoms with E-state index in [0.29, 0.717) is 6.04 Å². The standard InChI is InChI=1S/C19H25N3OS/c1-14-12-22(15-7-8-15)10-9-21(14)13-16-11-20-19(24-16)17-5-3-4-6-18(17)23-2/h3-6,11,14-15H,7-10,12-13H2,1-2H3. The smallest absolute Gasteiger partial charge is 0.129 e. The van der Waals surface area contributed by atoms with Crippen LogP contribution >= 0.6 is 11.3 Å². The van der Waals surface area contributed by atoms with Gasteiger partial charge in [0.2, 0.25) is 0 Å². The van der Waals surface area contributed by atoms with Crippen LogP contribution in [0, 0.1) is 0 Å². The summed E-state index contributed by atoms with van der Waals surface area (Å²) in [6, 6.07) is 9.62. The van der Waals surface area contributed by atoms with Gasteiger partial charge in [-0.25, -0.2) is 4.98 Å². The van der Waals surface area contributed by atoms with Crippen molar-refractivity contribution in [2.45, 2.75) is 38.4 Å². The van der Waals surface area contributed by atoms with Gasteiger partial charge in [-0.15, -0.1) is 11.3 Å². The van der Waals surface area contributed by atoms with E-state index in [4.69, 9.17) is 4.74 Å². The van der Waals surface area contributed by atoms with Gasteiger partial charge in [0.25, 0.3) is 0 Å². The summed E-state index contributed by atoms with van der Waals surface area (Å²) in [5, 5.41) is 1.05. The monoisotopic (exact) mass is 343 g/mol. The van der Waals surface area contributed by atoms with Crippen LogP contribution in [0.3, 0.4) is 0 Å². The van der Waals surface area contributed by atoms with Gasteiger partial charge in [0.15, 0.2) is 0 Å². The Kier molecular flexibility index (Phi) is 4.57. The van der Waals surface area contributed by atoms with Crippen molar-refractivity contribution in [3.8, 4) is 16.3 Å². The average molecular weight is 343 g/mol. The fourth-order valence-electron chi connectivity index (χ4n) is 3.56. The van der Waals surface area contributed by atoms with Gasteiger partial charge >= 0.3 is 0 Å². The van der Waals surface area contributed by atoms with Crippen LogP contribution in [-0.4, -0.2) is 53.6 Å². The Bertz CT molecular complexity index is 697. The number of thiazole rings is 1. The Balaban J connectivity index is 1.43. The van der Waals surface area contributed by atoms with Gasteiger partial charge in [0, 0.05) is 49.3 Å². The molecule has 2 aromatic rings. The highest BCUT2D eigenvalue weighted by Gasteiger charge is 2.34. The third-order valence-electron chi connectivity index (χ3n) is 5.11. The lowest BCUT2D eigenvalue weighted by Crippen LogP contribution is -2.51. The fourth-order valence-corrected chi connectivity index (χ4v) is 4.52. The van der Waals surface area contributed by atoms with E-state index < -0.39 is 0 Å². The Morgan fingerprint density at radius 3 is 2.83 bits per heavy atom. The van der Waals surface area contributed by atoms with Crippen LogP contribution in [0.2, 0.25) is 0 Å². The summed E-state index contributed by atoms with van der Waals surface area (Å²) in [5.41, 5.74) is 1.09. The molecular formula is C19H25N3OS. The van der Waals surface area contributed by atoms with Gasteiger partial charge in [-0.05, 0) is 31.9 Å². The van der Waals surface area contributed by atoms with Gasteiger partial charge in [0.05, 0.1) is 12.7 Å². The molecule has 1 saturated heterocycles. The van der Waals surface area contributed by atoms with Gasteiger partial charge in [-0.2, -0.15) is 0 Å². The van der Waals surface area contributed by atoms with Gasteiger partial charge in [-0.1, -0.05) is 12.1 Å². The van der Waals surface area contributed by atoms with Crippen LogP contribution in [-0.2, 0) is 6.54 Å². The van der Waals surface area contributed by atoms with Crippen molar-refractivity contribution in [3.63, 3.8) is 0 Å². The largest absolute Gasteiger partial charge is 0.496 e. The predicted octanol–water partition coefficient (Wildman–Crippen LogP) is 3.49. The normalized spacial score (nSPS) is 22.7. The molecule has 128 valence electrons. The molecule has 1 aliphatic carbocycles. The number of rotatable bonds is 5. The highest BCUT2D eigenvalue weighted by atomic mass is 32.1. The lowest BCUT2D eigenvalue weighted by Gasteiger charge is -2.39. The molecule has 1 atom stereocenters. The maximum Gasteiger partial charge on any atom is 0.129 e. The summed E-state index contributed by atoms with van der Waals surface area (Å²) in [4.78, 5) is 11.2. The molecule has 2 heterocycles. The van der Waals surface area contributed by atoms with Crippen molar-refractivity contribution in [1.29, 1.82) is 0 Å². The number of ether oxygens (including phenoxy) is 1. The number of para-hydroxylation sites is 1. The SMILES string of the molecule is COc1ccccc1-c1ncc(CN2CCN(C3CC3)CC2C)s1. The average Bonchev–Trinajstić information content (AvgIpc) is 3.36. The fraction of sp³-hybridized carbons (Fsp3) is 0.526. The third kappa shape index (κ3) is 3.34. The number of piperazine rings is 1. The molecular weight excluding hydrogens is 318 g/mol. The molecule has 1 saturated carbocycles. The highest BCUT2D eigenvalue weighted by Crippen LogP contribution is 2.34. The Hall–Kier alpha value is -1.43. The summed E-state index contributed by atoms with van der Waals surface area (Å²) in [6.07, 6.45) is 4.85. The molecule has 1 aliphatic heterocycles. The minimum Gasteiger partial charge on any atom is -0.496 e. The number of aromatic nitrogens is 1. The summed E-state index contributed by atoms with van der Waals surface area (Å²) < 4.78 is 5.47. The minimum absolute atomic E-state index is 0.621. The summed E-state index contributed by atoms with van der Waals surface area (Å²) >= 11 is 1.78. The molecule has 24 heavy (non-hydrogen) atoms. The van der Waals surface area contributed by atoms with E-state index in [1.165, 1.54) is 37.4 Å². The molecule has 5 heteroatoms. The zero-order valence-corrected chi connectivity index (χ0v) is 15.3. The van der Waals surface area contributed by atoms with E-state index in [9.17, 15) is 0 Å². The number of hydrogen-bond donors (Lipinski definition) is 0. The number of nitrogens with zero attached hydrogens (tertiary/aromatic N) is 3. The van der Waals surface area contributed by atoms with E-state index in [0.717, 1.165) is 28.9 Å². The van der Waals surface area contributed by atoms with E-state index in [2.05, 4.69) is 27.8 Å². The van der Waals surface area contributed by atoms with Crippen molar-refractivity contribution in [2.75, 3.05) is 26.7 Å². The number of methoxy groups -OCH3 is 1. The molecule has 1 aromatic carbocycles. The molecule has 4 nitrogen and oxygen atoms in total. The Morgan fingerprint density at radius 1 is 1.25 bits per heavy atom. The van der Waals surface area contributed by atoms with Crippen molar-refractivity contribution < 1.29 is 4.74 Å². The molecule has 0 amide bonds. The maximum atomic E-state index is 5.47. The summed E-state index contributed by atoms with van der Waals surface area (Å²) in [7, 11) is 1.72. The van der Waals surface area contributed by atoms with E-state index in [-0.39, 0.29) is 0 Å². The van der Waals surface area contributed by atoms with Crippen molar-refractivity contribution in [1.82, 2.24) is 14.8 Å². The first-order chi connectivity index (χ1) is 11.7. The number of benzene rings is 1. The van der Waals surface area contributed by atoms with Gasteiger partial charge < -0.3 is 4.74 Å². The maximum absolute atomic E-state index is 5.47. The third-order valence-corrected chi connectivity index (χ3v) is 6.13. The van der Waals surface area contributed by atoms with Crippen LogP contribution in [0.25, 0.3) is 10.6 Å². The molecule has 4 rings (SSSR count). The van der Waals surface area contributed by atoms with E-state index in [1.807, 2.05) is 24.4 Å². The van der Waals surface area contributed by atoms with E-state index >= 15 is 0 Å². The molecule has 0 N–H and O–H groups in total. The molecule has 2 aliphatic rings. The zero-order valence-electron chi connectivity index (χ0n) is 14.4. The quantitative estimate of drug-likeness (QED) is 0.831. The highest BCUT2D eigenvalue weighted by molar-refractivity contribution is 7.15. The lowest BCUT2D eigenvalue weighted by molar-refractivity contribution is 0.0737. The van der Waals surface area contributed by atoms with Crippen LogP contribution < -0.4 is 4.74 Å². The van der Waals surface area contributed by atoms with Crippen molar-refractivity contribution in [2.24, 2.45) is 0 Å². The first-order valence-electron chi connectivity index (χ1n) is 8.81. The van der Waals surface area contributed by atoms with Gasteiger partial charge in [0.1, 0.15) is 10.8 Å². The van der Waals surface area contributed by atoms with Crippen LogP contribution in [0.5, 0.6) is 5.75 Å². The lowest BCUT2D eigenvalue weighted by atomic mass is 10.2. The molecule has 2 fully saturated rings. The molecule has 0 bridgehead atoms. The molecule has 0 radical (unpaired) electrons. The van der Waals surface area contributed by atoms with E-state index in [1.54, 1.807) is 18.4 Å². The minimum atomic E-state index is 0.621. The topological polar surface area (TPSA) is 28.6 Å². The van der Waals surface area contributed by atoms with Crippen LogP contribution in [0.4, 0.5) is 0 Å². The second kappa shape index (κ2) is 6.82. The molecule has 0 spiro atoms. The summed E-state index contributed by atoms with van der Waals surface area (Å²) in [5.74, 6) is 0.893. The van der Waals surface area contributed by atoms with Gasteiger partial charge in [-0.3, -0.25) is 9.80 Å². The van der Waals surface area contributed by atoms with Crippen LogP contribution in [0.1, 0.15) is 24.6 Å². The van der Waals surface area contributed by atoms with Crippen LogP contribution in [0.15, 0.2) is 30.5 Å². The summed E-state index contributed by atoms with van der Waals surface area (Å²) in [6.45, 7) is 6.96. The Morgan fingerprint density at radius 2 is 2.08 bits per heavy atom. The van der Waals surface area contributed by atoms with Crippen molar-refractivity contribution in [3.05, 3.63) is 35.3 Å². The Labute approximate surface area is 148 Å². The second-order valence-electron chi connectivity index (χ2n) is 6.88. The molecule has 1 aromatic heterocycles. The molecule has 1 unspecified atom stereocenters. The first kappa shape index (κ1) is 16.1. The number of hydrogen-bond acceptors (Lipinski definition) is 5. The second-order valence-corrected chi connectivity index (χ2v) is 7.99. The zero-order chi connectivity index (χ0) is 16.5.